The summed E-state index contributed by atoms with van der Waals surface area (Å²) in [6, 6.07) is 37.7. The van der Waals surface area contributed by atoms with E-state index in [9.17, 15) is 0 Å². The van der Waals surface area contributed by atoms with Crippen LogP contribution < -0.4 is 0 Å². The van der Waals surface area contributed by atoms with Crippen LogP contribution in [0.25, 0.3) is 66.0 Å². The summed E-state index contributed by atoms with van der Waals surface area (Å²) in [5.41, 5.74) is 5.72. The lowest BCUT2D eigenvalue weighted by Gasteiger charge is -2.10. The standard InChI is InChI=1S/C31H19N3/c1-2-9-24-20(6-1)7-3-10-25(24)26-11-4-12-27(33-26)28-18-17-23-16-14-21-13-15-22-8-5-19-32-30(22)29(21)31(23)34-28/h1-19H. The van der Waals surface area contributed by atoms with E-state index in [0.29, 0.717) is 0 Å². The number of nitrogens with zero attached hydrogens (tertiary/aromatic N) is 3. The van der Waals surface area contributed by atoms with Crippen LogP contribution in [0.4, 0.5) is 0 Å². The molecule has 34 heavy (non-hydrogen) atoms. The average Bonchev–Trinajstić information content (AvgIpc) is 2.92. The van der Waals surface area contributed by atoms with E-state index < -0.39 is 0 Å². The van der Waals surface area contributed by atoms with Crippen molar-refractivity contribution in [1.29, 1.82) is 0 Å². The first kappa shape index (κ1) is 18.9. The minimum atomic E-state index is 0.857. The fourth-order valence-electron chi connectivity index (χ4n) is 4.85. The van der Waals surface area contributed by atoms with Gasteiger partial charge in [-0.05, 0) is 40.4 Å². The van der Waals surface area contributed by atoms with Gasteiger partial charge >= 0.3 is 0 Å². The van der Waals surface area contributed by atoms with Crippen molar-refractivity contribution in [3.05, 3.63) is 115 Å². The summed E-state index contributed by atoms with van der Waals surface area (Å²) in [4.78, 5) is 14.8. The summed E-state index contributed by atoms with van der Waals surface area (Å²) < 4.78 is 0. The van der Waals surface area contributed by atoms with Gasteiger partial charge in [-0.1, -0.05) is 84.9 Å². The molecule has 0 unspecified atom stereocenters. The molecule has 0 bridgehead atoms. The maximum Gasteiger partial charge on any atom is 0.0894 e. The van der Waals surface area contributed by atoms with Gasteiger partial charge in [0.2, 0.25) is 0 Å². The van der Waals surface area contributed by atoms with Crippen LogP contribution >= 0.6 is 0 Å². The molecule has 7 rings (SSSR count). The first-order chi connectivity index (χ1) is 16.8. The summed E-state index contributed by atoms with van der Waals surface area (Å²) in [7, 11) is 0. The SMILES string of the molecule is c1cc(-c2ccc3ccc4ccc5cccnc5c4c3n2)nc(-c2cccc3ccccc23)c1. The van der Waals surface area contributed by atoms with Gasteiger partial charge in [0.25, 0.3) is 0 Å². The molecule has 0 amide bonds. The van der Waals surface area contributed by atoms with Gasteiger partial charge in [-0.15, -0.1) is 0 Å². The van der Waals surface area contributed by atoms with E-state index in [1.165, 1.54) is 10.8 Å². The normalized spacial score (nSPS) is 11.5. The minimum Gasteiger partial charge on any atom is -0.256 e. The van der Waals surface area contributed by atoms with E-state index >= 15 is 0 Å². The lowest BCUT2D eigenvalue weighted by Crippen LogP contribution is -1.93. The zero-order valence-corrected chi connectivity index (χ0v) is 18.3. The van der Waals surface area contributed by atoms with Crippen molar-refractivity contribution < 1.29 is 0 Å². The molecule has 0 spiro atoms. The Kier molecular flexibility index (Phi) is 4.15. The van der Waals surface area contributed by atoms with Crippen molar-refractivity contribution in [3.8, 4) is 22.6 Å². The van der Waals surface area contributed by atoms with Crippen molar-refractivity contribution in [3.63, 3.8) is 0 Å². The van der Waals surface area contributed by atoms with E-state index in [1.54, 1.807) is 0 Å². The predicted octanol–water partition coefficient (Wildman–Crippen LogP) is 7.82. The number of benzene rings is 4. The van der Waals surface area contributed by atoms with Crippen LogP contribution in [-0.4, -0.2) is 15.0 Å². The molecule has 0 saturated heterocycles. The van der Waals surface area contributed by atoms with Gasteiger partial charge in [-0.3, -0.25) is 4.98 Å². The second kappa shape index (κ2) is 7.46. The summed E-state index contributed by atoms with van der Waals surface area (Å²) in [5, 5.41) is 6.85. The van der Waals surface area contributed by atoms with Gasteiger partial charge in [0.15, 0.2) is 0 Å². The second-order valence-corrected chi connectivity index (χ2v) is 8.51. The maximum atomic E-state index is 5.12. The molecule has 0 aliphatic rings. The molecule has 3 heteroatoms. The molecule has 3 nitrogen and oxygen atoms in total. The third-order valence-corrected chi connectivity index (χ3v) is 6.49. The number of fused-ring (bicyclic) bond motifs is 6. The topological polar surface area (TPSA) is 38.7 Å². The third-order valence-electron chi connectivity index (χ3n) is 6.49. The van der Waals surface area contributed by atoms with Gasteiger partial charge in [-0.2, -0.15) is 0 Å². The Bertz CT molecular complexity index is 1860. The number of hydrogen-bond acceptors (Lipinski definition) is 3. The Labute approximate surface area is 196 Å². The molecule has 0 atom stereocenters. The summed E-state index contributed by atoms with van der Waals surface area (Å²) in [6.07, 6.45) is 1.85. The number of pyridine rings is 3. The van der Waals surface area contributed by atoms with E-state index in [2.05, 4.69) is 102 Å². The van der Waals surface area contributed by atoms with E-state index in [0.717, 1.165) is 55.2 Å². The number of rotatable bonds is 2. The number of hydrogen-bond donors (Lipinski definition) is 0. The first-order valence-electron chi connectivity index (χ1n) is 11.4. The molecule has 3 heterocycles. The fraction of sp³-hybridized carbons (Fsp3) is 0. The van der Waals surface area contributed by atoms with Crippen molar-refractivity contribution in [2.75, 3.05) is 0 Å². The molecule has 0 saturated carbocycles. The Hall–Kier alpha value is -4.63. The fourth-order valence-corrected chi connectivity index (χ4v) is 4.85. The third kappa shape index (κ3) is 2.95. The van der Waals surface area contributed by atoms with Gasteiger partial charge < -0.3 is 0 Å². The molecule has 0 radical (unpaired) electrons. The highest BCUT2D eigenvalue weighted by Crippen LogP contribution is 2.32. The van der Waals surface area contributed by atoms with Gasteiger partial charge in [-0.25, -0.2) is 9.97 Å². The van der Waals surface area contributed by atoms with Crippen molar-refractivity contribution in [2.24, 2.45) is 0 Å². The molecule has 3 aromatic heterocycles. The first-order valence-corrected chi connectivity index (χ1v) is 11.4. The number of aromatic nitrogens is 3. The minimum absolute atomic E-state index is 0.857. The van der Waals surface area contributed by atoms with E-state index in [1.807, 2.05) is 18.3 Å². The lowest BCUT2D eigenvalue weighted by molar-refractivity contribution is 1.28. The second-order valence-electron chi connectivity index (χ2n) is 8.51. The van der Waals surface area contributed by atoms with Crippen LogP contribution in [0.2, 0.25) is 0 Å². The molecule has 158 valence electrons. The monoisotopic (exact) mass is 433 g/mol. The Balaban J connectivity index is 1.45. The highest BCUT2D eigenvalue weighted by atomic mass is 14.8. The van der Waals surface area contributed by atoms with Gasteiger partial charge in [0, 0.05) is 27.9 Å². The van der Waals surface area contributed by atoms with Crippen LogP contribution in [0.3, 0.4) is 0 Å². The molecule has 0 aliphatic heterocycles. The highest BCUT2D eigenvalue weighted by Gasteiger charge is 2.11. The molecule has 7 aromatic rings. The summed E-state index contributed by atoms with van der Waals surface area (Å²) >= 11 is 0. The van der Waals surface area contributed by atoms with Crippen LogP contribution in [-0.2, 0) is 0 Å². The molecule has 4 aromatic carbocycles. The Morgan fingerprint density at radius 1 is 0.412 bits per heavy atom. The summed E-state index contributed by atoms with van der Waals surface area (Å²) in [6.45, 7) is 0. The van der Waals surface area contributed by atoms with Crippen LogP contribution in [0.1, 0.15) is 0 Å². The van der Waals surface area contributed by atoms with E-state index in [4.69, 9.17) is 9.97 Å². The van der Waals surface area contributed by atoms with Gasteiger partial charge in [0.1, 0.15) is 0 Å². The Morgan fingerprint density at radius 3 is 2.03 bits per heavy atom. The molecule has 0 aliphatic carbocycles. The van der Waals surface area contributed by atoms with Crippen LogP contribution in [0.5, 0.6) is 0 Å². The van der Waals surface area contributed by atoms with Crippen LogP contribution in [0, 0.1) is 0 Å². The van der Waals surface area contributed by atoms with E-state index in [-0.39, 0.29) is 0 Å². The lowest BCUT2D eigenvalue weighted by atomic mass is 10.0. The molecule has 0 fully saturated rings. The van der Waals surface area contributed by atoms with Gasteiger partial charge in [0.05, 0.1) is 28.1 Å². The highest BCUT2D eigenvalue weighted by molar-refractivity contribution is 6.17. The zero-order valence-electron chi connectivity index (χ0n) is 18.3. The quantitative estimate of drug-likeness (QED) is 0.261. The smallest absolute Gasteiger partial charge is 0.0894 e. The largest absolute Gasteiger partial charge is 0.256 e. The average molecular weight is 434 g/mol. The zero-order chi connectivity index (χ0) is 22.5. The van der Waals surface area contributed by atoms with Crippen molar-refractivity contribution in [1.82, 2.24) is 15.0 Å². The maximum absolute atomic E-state index is 5.12. The van der Waals surface area contributed by atoms with Crippen molar-refractivity contribution in [2.45, 2.75) is 0 Å². The van der Waals surface area contributed by atoms with Crippen molar-refractivity contribution >= 4 is 43.4 Å². The molecular formula is C31H19N3. The van der Waals surface area contributed by atoms with Crippen LogP contribution in [0.15, 0.2) is 115 Å². The molecular weight excluding hydrogens is 414 g/mol. The molecule has 0 N–H and O–H groups in total. The predicted molar refractivity (Wildman–Crippen MR) is 141 cm³/mol. The summed E-state index contributed by atoms with van der Waals surface area (Å²) in [5.74, 6) is 0. The Morgan fingerprint density at radius 2 is 1.09 bits per heavy atom.